The molecule has 0 saturated carbocycles. The maximum absolute atomic E-state index is 13.3. The number of thiophene rings is 1. The Morgan fingerprint density at radius 2 is 1.40 bits per heavy atom. The molecule has 11 heteroatoms. The van der Waals surface area contributed by atoms with Gasteiger partial charge in [-0.2, -0.15) is 31.4 Å². The molecule has 0 spiro atoms. The van der Waals surface area contributed by atoms with Crippen molar-refractivity contribution in [3.8, 4) is 26.7 Å². The van der Waals surface area contributed by atoms with Crippen molar-refractivity contribution in [1.29, 1.82) is 0 Å². The molecule has 0 aliphatic rings. The minimum absolute atomic E-state index is 0.0973. The van der Waals surface area contributed by atoms with Crippen molar-refractivity contribution < 1.29 is 31.4 Å². The second kappa shape index (κ2) is 8.69. The van der Waals surface area contributed by atoms with Crippen molar-refractivity contribution in [2.75, 3.05) is 0 Å². The molecule has 0 atom stereocenters. The number of hydrogen-bond acceptors (Lipinski definition) is 3. The number of benzene rings is 2. The van der Waals surface area contributed by atoms with E-state index in [0.29, 0.717) is 39.1 Å². The number of nitrogens with zero attached hydrogens (tertiary/aromatic N) is 2. The van der Waals surface area contributed by atoms with Crippen molar-refractivity contribution in [3.05, 3.63) is 82.5 Å². The molecular weight excluding hydrogens is 514 g/mol. The normalized spacial score (nSPS) is 12.9. The molecule has 3 nitrogen and oxygen atoms in total. The van der Waals surface area contributed by atoms with Crippen LogP contribution in [-0.2, 0) is 18.0 Å². The Balaban J connectivity index is 1.87. The Kier molecular flexibility index (Phi) is 6.27. The molecule has 4 rings (SSSR count). The minimum Gasteiger partial charge on any atom is -0.384 e. The molecule has 4 aromatic rings. The van der Waals surface area contributed by atoms with Crippen LogP contribution >= 0.6 is 22.9 Å². The summed E-state index contributed by atoms with van der Waals surface area (Å²) in [5, 5.41) is 15.3. The molecule has 0 saturated heterocycles. The predicted octanol–water partition coefficient (Wildman–Crippen LogP) is 8.19. The van der Waals surface area contributed by atoms with Gasteiger partial charge in [-0.15, -0.1) is 11.3 Å². The van der Waals surface area contributed by atoms with Crippen LogP contribution in [0.5, 0.6) is 0 Å². The lowest BCUT2D eigenvalue weighted by Gasteiger charge is -2.13. The number of halogens is 7. The van der Waals surface area contributed by atoms with Crippen molar-refractivity contribution in [2.45, 2.75) is 31.8 Å². The molecule has 0 aliphatic heterocycles. The smallest absolute Gasteiger partial charge is 0.384 e. The largest absolute Gasteiger partial charge is 0.416 e. The summed E-state index contributed by atoms with van der Waals surface area (Å²) in [5.41, 5.74) is -3.03. The van der Waals surface area contributed by atoms with Gasteiger partial charge in [0, 0.05) is 4.88 Å². The summed E-state index contributed by atoms with van der Waals surface area (Å²) in [4.78, 5) is 0.710. The summed E-state index contributed by atoms with van der Waals surface area (Å²) in [6.07, 6.45) is -9.89. The van der Waals surface area contributed by atoms with Crippen molar-refractivity contribution in [3.63, 3.8) is 0 Å². The molecular formula is C24H17ClF6N2OS. The molecule has 2 aromatic heterocycles. The van der Waals surface area contributed by atoms with Crippen molar-refractivity contribution in [2.24, 2.45) is 0 Å². The predicted molar refractivity (Wildman–Crippen MR) is 123 cm³/mol. The molecule has 35 heavy (non-hydrogen) atoms. The van der Waals surface area contributed by atoms with Gasteiger partial charge in [0.1, 0.15) is 5.60 Å². The topological polar surface area (TPSA) is 38.0 Å². The van der Waals surface area contributed by atoms with Crippen LogP contribution < -0.4 is 0 Å². The Bertz CT molecular complexity index is 1350. The molecule has 0 radical (unpaired) electrons. The van der Waals surface area contributed by atoms with E-state index in [1.54, 1.807) is 36.4 Å². The van der Waals surface area contributed by atoms with Gasteiger partial charge in [-0.1, -0.05) is 23.7 Å². The lowest BCUT2D eigenvalue weighted by atomic mass is 10.0. The summed E-state index contributed by atoms with van der Waals surface area (Å²) < 4.78 is 81.3. The molecule has 0 bridgehead atoms. The highest BCUT2D eigenvalue weighted by atomic mass is 35.5. The summed E-state index contributed by atoms with van der Waals surface area (Å²) in [5.74, 6) is 0. The van der Waals surface area contributed by atoms with Gasteiger partial charge in [-0.25, -0.2) is 4.68 Å². The number of aromatic nitrogens is 2. The third-order valence-electron chi connectivity index (χ3n) is 5.15. The number of aliphatic hydroxyl groups is 1. The van der Waals surface area contributed by atoms with E-state index in [9.17, 15) is 31.4 Å². The first-order valence-electron chi connectivity index (χ1n) is 10.1. The Morgan fingerprint density at radius 3 is 1.94 bits per heavy atom. The van der Waals surface area contributed by atoms with E-state index in [1.807, 2.05) is 0 Å². The average molecular weight is 531 g/mol. The highest BCUT2D eigenvalue weighted by molar-refractivity contribution is 7.18. The highest BCUT2D eigenvalue weighted by Crippen LogP contribution is 2.42. The summed E-state index contributed by atoms with van der Waals surface area (Å²) in [7, 11) is 0. The molecule has 1 N–H and O–H groups in total. The van der Waals surface area contributed by atoms with Gasteiger partial charge in [-0.05, 0) is 67.9 Å². The third-order valence-corrected chi connectivity index (χ3v) is 6.62. The summed E-state index contributed by atoms with van der Waals surface area (Å²) >= 11 is 7.33. The monoisotopic (exact) mass is 530 g/mol. The SMILES string of the molecule is CC(C)(O)c1cc(-c2ccc(-c3cc(C(F)(F)F)cc(C(F)(F)F)c3)s2)n(-c2ccccc2Cl)n1. The van der Waals surface area contributed by atoms with Gasteiger partial charge in [0.05, 0.1) is 38.1 Å². The second-order valence-electron chi connectivity index (χ2n) is 8.30. The Hall–Kier alpha value is -2.82. The molecule has 0 aliphatic carbocycles. The van der Waals surface area contributed by atoms with Crippen LogP contribution in [0.15, 0.2) is 60.7 Å². The first-order valence-corrected chi connectivity index (χ1v) is 11.3. The fraction of sp³-hybridized carbons (Fsp3) is 0.208. The zero-order valence-electron chi connectivity index (χ0n) is 18.2. The van der Waals surface area contributed by atoms with E-state index in [4.69, 9.17) is 11.6 Å². The van der Waals surface area contributed by atoms with Gasteiger partial charge in [0.25, 0.3) is 0 Å². The highest BCUT2D eigenvalue weighted by Gasteiger charge is 2.37. The van der Waals surface area contributed by atoms with E-state index in [-0.39, 0.29) is 16.5 Å². The van der Waals surface area contributed by atoms with Crippen LogP contribution in [0, 0.1) is 0 Å². The Labute approximate surface area is 205 Å². The fourth-order valence-corrected chi connectivity index (χ4v) is 4.60. The maximum Gasteiger partial charge on any atom is 0.416 e. The first kappa shape index (κ1) is 25.3. The summed E-state index contributed by atoms with van der Waals surface area (Å²) in [6.45, 7) is 3.08. The molecule has 0 fully saturated rings. The van der Waals surface area contributed by atoms with E-state index < -0.39 is 29.1 Å². The molecule has 2 heterocycles. The van der Waals surface area contributed by atoms with Crippen molar-refractivity contribution >= 4 is 22.9 Å². The standard InChI is InChI=1S/C24H17ClF6N2OS/c1-22(2,34)21-12-18(33(32-21)17-6-4-3-5-16(17)25)20-8-7-19(35-20)13-9-14(23(26,27)28)11-15(10-13)24(29,30)31/h3-12,34H,1-2H3. The van der Waals surface area contributed by atoms with Gasteiger partial charge in [0.15, 0.2) is 0 Å². The van der Waals surface area contributed by atoms with Crippen LogP contribution in [0.25, 0.3) is 26.7 Å². The fourth-order valence-electron chi connectivity index (χ4n) is 3.39. The third kappa shape index (κ3) is 5.24. The average Bonchev–Trinajstić information content (AvgIpc) is 3.40. The van der Waals surface area contributed by atoms with E-state index >= 15 is 0 Å². The van der Waals surface area contributed by atoms with E-state index in [0.717, 1.165) is 11.3 Å². The van der Waals surface area contributed by atoms with Crippen LogP contribution in [0.1, 0.15) is 30.7 Å². The lowest BCUT2D eigenvalue weighted by Crippen LogP contribution is -2.16. The van der Waals surface area contributed by atoms with Crippen LogP contribution in [0.4, 0.5) is 26.3 Å². The van der Waals surface area contributed by atoms with Crippen molar-refractivity contribution in [1.82, 2.24) is 9.78 Å². The zero-order chi connectivity index (χ0) is 25.8. The molecule has 2 aromatic carbocycles. The molecule has 0 unspecified atom stereocenters. The van der Waals surface area contributed by atoms with Gasteiger partial charge in [0.2, 0.25) is 0 Å². The minimum atomic E-state index is -4.94. The zero-order valence-corrected chi connectivity index (χ0v) is 19.7. The summed E-state index contributed by atoms with van der Waals surface area (Å²) in [6, 6.07) is 12.9. The molecule has 184 valence electrons. The number of para-hydroxylation sites is 1. The second-order valence-corrected chi connectivity index (χ2v) is 9.79. The van der Waals surface area contributed by atoms with Gasteiger partial charge in [-0.3, -0.25) is 0 Å². The maximum atomic E-state index is 13.3. The van der Waals surface area contributed by atoms with E-state index in [2.05, 4.69) is 5.10 Å². The van der Waals surface area contributed by atoms with Gasteiger partial charge >= 0.3 is 12.4 Å². The number of alkyl halides is 6. The lowest BCUT2D eigenvalue weighted by molar-refractivity contribution is -0.143. The van der Waals surface area contributed by atoms with Crippen LogP contribution in [0.3, 0.4) is 0 Å². The van der Waals surface area contributed by atoms with Crippen LogP contribution in [0.2, 0.25) is 5.02 Å². The Morgan fingerprint density at radius 1 is 0.829 bits per heavy atom. The quantitative estimate of drug-likeness (QED) is 0.270. The number of hydrogen-bond donors (Lipinski definition) is 1. The molecule has 0 amide bonds. The first-order chi connectivity index (χ1) is 16.1. The van der Waals surface area contributed by atoms with Gasteiger partial charge < -0.3 is 5.11 Å². The van der Waals surface area contributed by atoms with E-state index in [1.165, 1.54) is 24.6 Å². The van der Waals surface area contributed by atoms with Crippen LogP contribution in [-0.4, -0.2) is 14.9 Å². The number of rotatable bonds is 4.